The second kappa shape index (κ2) is 2.88. The number of hydrogen-bond acceptors (Lipinski definition) is 3. The van der Waals surface area contributed by atoms with Gasteiger partial charge in [-0.1, -0.05) is 18.2 Å². The van der Waals surface area contributed by atoms with Gasteiger partial charge in [0.1, 0.15) is 11.8 Å². The first kappa shape index (κ1) is 8.11. The third-order valence-corrected chi connectivity index (χ3v) is 2.39. The number of H-pyrrole nitrogens is 1. The van der Waals surface area contributed by atoms with E-state index in [1.165, 1.54) is 6.33 Å². The maximum Gasteiger partial charge on any atom is 0.275 e. The molecule has 1 aromatic carbocycles. The van der Waals surface area contributed by atoms with Gasteiger partial charge >= 0.3 is 0 Å². The number of aromatic amines is 1. The van der Waals surface area contributed by atoms with Crippen molar-refractivity contribution in [1.82, 2.24) is 15.0 Å². The predicted octanol–water partition coefficient (Wildman–Crippen LogP) is 1.47. The smallest absolute Gasteiger partial charge is 0.275 e. The van der Waals surface area contributed by atoms with Crippen molar-refractivity contribution in [3.8, 4) is 0 Å². The number of pyridine rings is 1. The Hall–Kier alpha value is -2.23. The van der Waals surface area contributed by atoms with E-state index in [2.05, 4.69) is 15.0 Å². The Morgan fingerprint density at radius 1 is 1.13 bits per heavy atom. The highest BCUT2D eigenvalue weighted by Gasteiger charge is 2.04. The van der Waals surface area contributed by atoms with Gasteiger partial charge in [-0.25, -0.2) is 9.97 Å². The summed E-state index contributed by atoms with van der Waals surface area (Å²) in [7, 11) is 0. The minimum absolute atomic E-state index is 0.175. The van der Waals surface area contributed by atoms with Crippen LogP contribution < -0.4 is 5.56 Å². The van der Waals surface area contributed by atoms with Crippen LogP contribution in [-0.4, -0.2) is 15.0 Å². The SMILES string of the molecule is O=c1[nH]c2ccccc2c2cncnc12. The summed E-state index contributed by atoms with van der Waals surface area (Å²) in [6.07, 6.45) is 3.05. The summed E-state index contributed by atoms with van der Waals surface area (Å²) < 4.78 is 0. The van der Waals surface area contributed by atoms with Crippen LogP contribution in [0.15, 0.2) is 41.6 Å². The number of benzene rings is 1. The second-order valence-corrected chi connectivity index (χ2v) is 3.28. The summed E-state index contributed by atoms with van der Waals surface area (Å²) in [5, 5.41) is 1.75. The molecule has 4 heteroatoms. The second-order valence-electron chi connectivity index (χ2n) is 3.28. The van der Waals surface area contributed by atoms with Gasteiger partial charge in [-0.2, -0.15) is 0 Å². The number of nitrogens with one attached hydrogen (secondary N) is 1. The molecule has 4 nitrogen and oxygen atoms in total. The normalized spacial score (nSPS) is 10.9. The first-order valence-electron chi connectivity index (χ1n) is 4.57. The van der Waals surface area contributed by atoms with E-state index in [1.54, 1.807) is 6.20 Å². The average Bonchev–Trinajstić information content (AvgIpc) is 2.30. The van der Waals surface area contributed by atoms with Gasteiger partial charge in [-0.05, 0) is 6.07 Å². The third kappa shape index (κ3) is 1.11. The Morgan fingerprint density at radius 3 is 2.93 bits per heavy atom. The number of rotatable bonds is 0. The highest BCUT2D eigenvalue weighted by molar-refractivity contribution is 6.03. The summed E-state index contributed by atoms with van der Waals surface area (Å²) in [6, 6.07) is 7.61. The zero-order valence-electron chi connectivity index (χ0n) is 7.77. The van der Waals surface area contributed by atoms with Crippen LogP contribution in [0.2, 0.25) is 0 Å². The molecule has 72 valence electrons. The number of aromatic nitrogens is 3. The van der Waals surface area contributed by atoms with Gasteiger partial charge in [0.05, 0.1) is 0 Å². The highest BCUT2D eigenvalue weighted by atomic mass is 16.1. The van der Waals surface area contributed by atoms with Crippen LogP contribution in [-0.2, 0) is 0 Å². The van der Waals surface area contributed by atoms with E-state index in [0.29, 0.717) is 5.52 Å². The lowest BCUT2D eigenvalue weighted by atomic mass is 10.1. The van der Waals surface area contributed by atoms with Crippen molar-refractivity contribution in [3.63, 3.8) is 0 Å². The molecule has 0 atom stereocenters. The fourth-order valence-electron chi connectivity index (χ4n) is 1.72. The Bertz CT molecular complexity index is 703. The quantitative estimate of drug-likeness (QED) is 0.555. The van der Waals surface area contributed by atoms with Crippen molar-refractivity contribution in [2.45, 2.75) is 0 Å². The summed E-state index contributed by atoms with van der Waals surface area (Å²) in [4.78, 5) is 22.3. The van der Waals surface area contributed by atoms with Crippen molar-refractivity contribution < 1.29 is 0 Å². The van der Waals surface area contributed by atoms with Gasteiger partial charge < -0.3 is 4.98 Å². The Balaban J connectivity index is 2.70. The average molecular weight is 197 g/mol. The molecule has 0 fully saturated rings. The molecule has 3 aromatic rings. The van der Waals surface area contributed by atoms with E-state index in [-0.39, 0.29) is 5.56 Å². The van der Waals surface area contributed by atoms with Crippen molar-refractivity contribution in [2.24, 2.45) is 0 Å². The van der Waals surface area contributed by atoms with Crippen molar-refractivity contribution in [2.75, 3.05) is 0 Å². The van der Waals surface area contributed by atoms with Crippen LogP contribution >= 0.6 is 0 Å². The molecule has 15 heavy (non-hydrogen) atoms. The molecule has 2 heterocycles. The lowest BCUT2D eigenvalue weighted by Crippen LogP contribution is -2.08. The van der Waals surface area contributed by atoms with E-state index in [9.17, 15) is 4.79 Å². The molecule has 0 bridgehead atoms. The molecule has 2 aromatic heterocycles. The van der Waals surface area contributed by atoms with Crippen molar-refractivity contribution >= 4 is 21.8 Å². The Labute approximate surface area is 84.6 Å². The fraction of sp³-hybridized carbons (Fsp3) is 0. The lowest BCUT2D eigenvalue weighted by Gasteiger charge is -2.00. The summed E-state index contributed by atoms with van der Waals surface area (Å²) in [5.41, 5.74) is 1.07. The molecular formula is C11H7N3O. The molecule has 3 rings (SSSR count). The molecule has 0 aliphatic heterocycles. The van der Waals surface area contributed by atoms with E-state index < -0.39 is 0 Å². The standard InChI is InChI=1S/C11H7N3O/c15-11-10-8(5-12-6-13-10)7-3-1-2-4-9(7)14-11/h1-6H,(H,14,15). The van der Waals surface area contributed by atoms with Crippen LogP contribution in [0.3, 0.4) is 0 Å². The van der Waals surface area contributed by atoms with Crippen molar-refractivity contribution in [1.29, 1.82) is 0 Å². The van der Waals surface area contributed by atoms with Gasteiger partial charge in [0, 0.05) is 22.5 Å². The lowest BCUT2D eigenvalue weighted by molar-refractivity contribution is 1.19. The maximum atomic E-state index is 11.6. The molecule has 1 N–H and O–H groups in total. The van der Waals surface area contributed by atoms with E-state index in [4.69, 9.17) is 0 Å². The molecule has 0 amide bonds. The Morgan fingerprint density at radius 2 is 2.00 bits per heavy atom. The fourth-order valence-corrected chi connectivity index (χ4v) is 1.72. The van der Waals surface area contributed by atoms with Crippen LogP contribution in [0.25, 0.3) is 21.8 Å². The first-order valence-corrected chi connectivity index (χ1v) is 4.57. The summed E-state index contributed by atoms with van der Waals surface area (Å²) >= 11 is 0. The van der Waals surface area contributed by atoms with E-state index in [1.807, 2.05) is 24.3 Å². The van der Waals surface area contributed by atoms with E-state index >= 15 is 0 Å². The van der Waals surface area contributed by atoms with Crippen LogP contribution in [0.5, 0.6) is 0 Å². The number of para-hydroxylation sites is 1. The number of hydrogen-bond donors (Lipinski definition) is 1. The van der Waals surface area contributed by atoms with E-state index in [0.717, 1.165) is 16.3 Å². The van der Waals surface area contributed by atoms with Crippen LogP contribution in [0, 0.1) is 0 Å². The maximum absolute atomic E-state index is 11.6. The molecule has 0 unspecified atom stereocenters. The monoisotopic (exact) mass is 197 g/mol. The molecule has 0 spiro atoms. The van der Waals surface area contributed by atoms with Crippen LogP contribution in [0.1, 0.15) is 0 Å². The highest BCUT2D eigenvalue weighted by Crippen LogP contribution is 2.17. The van der Waals surface area contributed by atoms with Gasteiger partial charge in [-0.15, -0.1) is 0 Å². The predicted molar refractivity (Wildman–Crippen MR) is 57.7 cm³/mol. The molecule has 0 aliphatic carbocycles. The summed E-state index contributed by atoms with van der Waals surface area (Å²) in [5.74, 6) is 0. The summed E-state index contributed by atoms with van der Waals surface area (Å²) in [6.45, 7) is 0. The van der Waals surface area contributed by atoms with Gasteiger partial charge in [0.2, 0.25) is 0 Å². The minimum Gasteiger partial charge on any atom is -0.320 e. The van der Waals surface area contributed by atoms with Gasteiger partial charge in [0.25, 0.3) is 5.56 Å². The van der Waals surface area contributed by atoms with Gasteiger partial charge in [0.15, 0.2) is 0 Å². The zero-order chi connectivity index (χ0) is 10.3. The third-order valence-electron chi connectivity index (χ3n) is 2.39. The van der Waals surface area contributed by atoms with Gasteiger partial charge in [-0.3, -0.25) is 4.79 Å². The molecule has 0 saturated carbocycles. The Kier molecular flexibility index (Phi) is 1.56. The molecule has 0 aliphatic rings. The van der Waals surface area contributed by atoms with Crippen LogP contribution in [0.4, 0.5) is 0 Å². The molecule has 0 radical (unpaired) electrons. The topological polar surface area (TPSA) is 58.6 Å². The molecular weight excluding hydrogens is 190 g/mol. The number of nitrogens with zero attached hydrogens (tertiary/aromatic N) is 2. The van der Waals surface area contributed by atoms with Crippen molar-refractivity contribution in [3.05, 3.63) is 47.1 Å². The molecule has 0 saturated heterocycles. The minimum atomic E-state index is -0.175. The first-order chi connectivity index (χ1) is 7.36. The number of fused-ring (bicyclic) bond motifs is 3. The zero-order valence-corrected chi connectivity index (χ0v) is 7.77. The largest absolute Gasteiger partial charge is 0.320 e.